The van der Waals surface area contributed by atoms with Crippen LogP contribution in [0.2, 0.25) is 0 Å². The van der Waals surface area contributed by atoms with E-state index in [0.29, 0.717) is 0 Å². The van der Waals surface area contributed by atoms with Gasteiger partial charge in [0.05, 0.1) is 0 Å². The summed E-state index contributed by atoms with van der Waals surface area (Å²) in [5.74, 6) is 0. The summed E-state index contributed by atoms with van der Waals surface area (Å²) in [7, 11) is -2.87. The zero-order chi connectivity index (χ0) is 3.58. The Labute approximate surface area is 43.0 Å². The summed E-state index contributed by atoms with van der Waals surface area (Å²) in [4.78, 5) is 14.2. The average Bonchev–Trinajstić information content (AvgIpc) is 0.811. The summed E-state index contributed by atoms with van der Waals surface area (Å²) in [5, 5.41) is 0. The quantitative estimate of drug-likeness (QED) is 0.327. The third-order valence-corrected chi connectivity index (χ3v) is 0. The van der Waals surface area contributed by atoms with Gasteiger partial charge in [-0.25, -0.2) is 0 Å². The van der Waals surface area contributed by atoms with Crippen LogP contribution in [0, 0.1) is 0 Å². The molecule has 0 amide bonds. The predicted octanol–water partition coefficient (Wildman–Crippen LogP) is -1.56. The summed E-state index contributed by atoms with van der Waals surface area (Å²) in [6.45, 7) is 0. The third kappa shape index (κ3) is 76.3. The van der Waals surface area contributed by atoms with Gasteiger partial charge < -0.3 is 0 Å². The number of hydrogen-bond acceptors (Lipinski definition) is 1. The van der Waals surface area contributed by atoms with E-state index < -0.39 is 8.25 Å². The molecule has 0 rings (SSSR count). The Morgan fingerprint density at radius 1 is 1.40 bits per heavy atom. The van der Waals surface area contributed by atoms with Gasteiger partial charge in [0.1, 0.15) is 0 Å². The van der Waals surface area contributed by atoms with Crippen LogP contribution in [-0.4, -0.2) is 29.6 Å². The molecule has 0 aromatic carbocycles. The van der Waals surface area contributed by atoms with Crippen molar-refractivity contribution in [2.75, 3.05) is 0 Å². The Morgan fingerprint density at radius 2 is 1.40 bits per heavy atom. The Morgan fingerprint density at radius 3 is 1.40 bits per heavy atom. The molecule has 5 heteroatoms. The Balaban J connectivity index is 0. The molecule has 0 atom stereocenters. The Kier molecular flexibility index (Phi) is 8.54. The molecule has 2 N–H and O–H groups in total. The molecule has 3 nitrogen and oxygen atoms in total. The summed E-state index contributed by atoms with van der Waals surface area (Å²) < 4.78 is 8.70. The second-order valence-electron chi connectivity index (χ2n) is 0.253. The van der Waals surface area contributed by atoms with Crippen LogP contribution in [0.4, 0.5) is 0 Å². The summed E-state index contributed by atoms with van der Waals surface area (Å²) >= 11 is 0. The van der Waals surface area contributed by atoms with Crippen LogP contribution < -0.4 is 0 Å². The van der Waals surface area contributed by atoms with Gasteiger partial charge in [-0.1, -0.05) is 0 Å². The molecule has 0 saturated heterocycles. The van der Waals surface area contributed by atoms with E-state index in [1.165, 1.54) is 0 Å². The molecule has 0 saturated carbocycles. The van der Waals surface area contributed by atoms with Crippen LogP contribution >= 0.6 is 8.25 Å². The molecule has 0 aromatic rings. The predicted molar refractivity (Wildman–Crippen MR) is 22.0 cm³/mol. The van der Waals surface area contributed by atoms with E-state index in [1.54, 1.807) is 0 Å². The topological polar surface area (TPSA) is 57.5 Å². The van der Waals surface area contributed by atoms with Crippen LogP contribution in [0.5, 0.6) is 0 Å². The van der Waals surface area contributed by atoms with E-state index >= 15 is 0 Å². The fraction of sp³-hybridized carbons (Fsp3) is 0. The molecule has 30 valence electrons. The minimum atomic E-state index is -2.87. The molecule has 0 aliphatic carbocycles. The molecule has 0 spiro atoms. The maximum atomic E-state index is 8.70. The van der Waals surface area contributed by atoms with Crippen molar-refractivity contribution in [1.29, 1.82) is 0 Å². The second kappa shape index (κ2) is 4.66. The third-order valence-electron chi connectivity index (χ3n) is 0. The van der Waals surface area contributed by atoms with Gasteiger partial charge in [0.25, 0.3) is 0 Å². The standard InChI is InChI=1S/Ga.HO3P.3H/c;1-4(2)3;;;/h;(H-,1,2,3);;;/p+1. The fourth-order valence-corrected chi connectivity index (χ4v) is 0. The van der Waals surface area contributed by atoms with Crippen LogP contribution in [0.1, 0.15) is 0 Å². The normalized spacial score (nSPS) is 5.20. The van der Waals surface area contributed by atoms with Gasteiger partial charge in [0.2, 0.25) is 0 Å². The first-order chi connectivity index (χ1) is 1.73. The van der Waals surface area contributed by atoms with E-state index in [0.717, 1.165) is 0 Å². The van der Waals surface area contributed by atoms with E-state index in [1.807, 2.05) is 0 Å². The van der Waals surface area contributed by atoms with E-state index in [-0.39, 0.29) is 19.8 Å². The molecule has 0 heterocycles. The van der Waals surface area contributed by atoms with Crippen molar-refractivity contribution in [3.8, 4) is 0 Å². The van der Waals surface area contributed by atoms with Gasteiger partial charge in [-0.15, -0.1) is 9.79 Å². The van der Waals surface area contributed by atoms with Crippen molar-refractivity contribution < 1.29 is 14.4 Å². The zero-order valence-electron chi connectivity index (χ0n) is 1.75. The van der Waals surface area contributed by atoms with Crippen molar-refractivity contribution in [1.82, 2.24) is 0 Å². The molecule has 0 radical (unpaired) electrons. The first-order valence-corrected chi connectivity index (χ1v) is 1.75. The maximum absolute atomic E-state index is 8.70. The van der Waals surface area contributed by atoms with Crippen LogP contribution in [0.25, 0.3) is 0 Å². The Hall–Kier alpha value is 0.656. The molecule has 0 aliphatic heterocycles. The molecular weight excluding hydrogens is 149 g/mol. The summed E-state index contributed by atoms with van der Waals surface area (Å²) in [6.07, 6.45) is 0. The molecule has 0 bridgehead atoms. The second-order valence-corrected chi connectivity index (χ2v) is 0.758. The van der Waals surface area contributed by atoms with Crippen molar-refractivity contribution in [2.45, 2.75) is 0 Å². The first kappa shape index (κ1) is 9.17. The molecular formula is H5GaO3P+. The van der Waals surface area contributed by atoms with Crippen LogP contribution in [0.15, 0.2) is 0 Å². The van der Waals surface area contributed by atoms with Crippen molar-refractivity contribution in [3.63, 3.8) is 0 Å². The average molecular weight is 154 g/mol. The molecule has 0 unspecified atom stereocenters. The van der Waals surface area contributed by atoms with Crippen molar-refractivity contribution >= 4 is 28.0 Å². The van der Waals surface area contributed by atoms with Gasteiger partial charge in [-0.05, 0) is 0 Å². The minimum absolute atomic E-state index is 0. The first-order valence-electron chi connectivity index (χ1n) is 0.583. The number of rotatable bonds is 0. The van der Waals surface area contributed by atoms with E-state index in [4.69, 9.17) is 14.4 Å². The van der Waals surface area contributed by atoms with Gasteiger partial charge in [-0.2, -0.15) is 0 Å². The van der Waals surface area contributed by atoms with Crippen molar-refractivity contribution in [3.05, 3.63) is 0 Å². The van der Waals surface area contributed by atoms with Gasteiger partial charge >= 0.3 is 28.0 Å². The van der Waals surface area contributed by atoms with E-state index in [2.05, 4.69) is 0 Å². The van der Waals surface area contributed by atoms with Crippen molar-refractivity contribution in [2.24, 2.45) is 0 Å². The van der Waals surface area contributed by atoms with Gasteiger partial charge in [0.15, 0.2) is 0 Å². The monoisotopic (exact) mass is 153 g/mol. The molecule has 5 heavy (non-hydrogen) atoms. The molecule has 0 aromatic heterocycles. The summed E-state index contributed by atoms with van der Waals surface area (Å²) in [5.41, 5.74) is 0. The summed E-state index contributed by atoms with van der Waals surface area (Å²) in [6, 6.07) is 0. The Bertz CT molecular complexity index is 29.9. The molecule has 0 fully saturated rings. The molecule has 0 aliphatic rings. The zero-order valence-corrected chi connectivity index (χ0v) is 2.64. The van der Waals surface area contributed by atoms with Crippen LogP contribution in [0.3, 0.4) is 0 Å². The van der Waals surface area contributed by atoms with Gasteiger partial charge in [-0.3, -0.25) is 0 Å². The van der Waals surface area contributed by atoms with Crippen LogP contribution in [-0.2, 0) is 4.57 Å². The fourth-order valence-electron chi connectivity index (χ4n) is 0. The number of hydrogen-bond donors (Lipinski definition) is 2. The van der Waals surface area contributed by atoms with E-state index in [9.17, 15) is 0 Å². The SMILES string of the molecule is O=[P+](O)O.[GaH3]. The van der Waals surface area contributed by atoms with Gasteiger partial charge in [0, 0.05) is 4.57 Å².